The van der Waals surface area contributed by atoms with Crippen molar-refractivity contribution in [1.82, 2.24) is 4.98 Å². The fourth-order valence-corrected chi connectivity index (χ4v) is 2.64. The molecule has 150 valence electrons. The number of anilines is 1. The van der Waals surface area contributed by atoms with Crippen molar-refractivity contribution in [3.05, 3.63) is 83.7 Å². The summed E-state index contributed by atoms with van der Waals surface area (Å²) in [6, 6.07) is 12.8. The number of amides is 1. The second-order valence-electron chi connectivity index (χ2n) is 6.01. The molecule has 1 amide bonds. The Hall–Kier alpha value is -3.55. The summed E-state index contributed by atoms with van der Waals surface area (Å²) in [5.41, 5.74) is -0.371. The zero-order chi connectivity index (χ0) is 20.9. The largest absolute Gasteiger partial charge is 0.493 e. The number of carbonyl (C=O) groups excluding carboxylic acids is 1. The van der Waals surface area contributed by atoms with Gasteiger partial charge in [-0.25, -0.2) is 0 Å². The second kappa shape index (κ2) is 8.64. The molecule has 29 heavy (non-hydrogen) atoms. The third-order valence-electron chi connectivity index (χ3n) is 4.02. The number of halogens is 3. The minimum Gasteiger partial charge on any atom is -0.493 e. The third kappa shape index (κ3) is 5.04. The molecule has 0 aliphatic carbocycles. The molecular weight excluding hydrogens is 385 g/mol. The van der Waals surface area contributed by atoms with E-state index in [9.17, 15) is 18.0 Å². The monoisotopic (exact) mass is 402 g/mol. The van der Waals surface area contributed by atoms with Crippen LogP contribution in [0.3, 0.4) is 0 Å². The molecule has 3 rings (SSSR count). The molecule has 0 radical (unpaired) electrons. The predicted octanol–water partition coefficient (Wildman–Crippen LogP) is 4.94. The number of benzene rings is 2. The van der Waals surface area contributed by atoms with Gasteiger partial charge >= 0.3 is 6.18 Å². The number of methoxy groups -OCH3 is 1. The third-order valence-corrected chi connectivity index (χ3v) is 4.02. The Morgan fingerprint density at radius 2 is 1.86 bits per heavy atom. The fourth-order valence-electron chi connectivity index (χ4n) is 2.64. The number of nitrogens with zero attached hydrogens (tertiary/aromatic N) is 1. The quantitative estimate of drug-likeness (QED) is 0.635. The number of hydrogen-bond acceptors (Lipinski definition) is 4. The molecule has 0 atom stereocenters. The maximum absolute atomic E-state index is 13.2. The molecule has 1 N–H and O–H groups in total. The Balaban J connectivity index is 1.80. The van der Waals surface area contributed by atoms with Crippen molar-refractivity contribution in [3.8, 4) is 11.5 Å². The molecule has 8 heteroatoms. The second-order valence-corrected chi connectivity index (χ2v) is 6.01. The maximum Gasteiger partial charge on any atom is 0.417 e. The number of hydrogen-bond donors (Lipinski definition) is 1. The van der Waals surface area contributed by atoms with E-state index >= 15 is 0 Å². The molecule has 0 spiro atoms. The first-order chi connectivity index (χ1) is 13.9. The Morgan fingerprint density at radius 1 is 1.07 bits per heavy atom. The van der Waals surface area contributed by atoms with Crippen LogP contribution in [0.15, 0.2) is 67.0 Å². The number of ether oxygens (including phenoxy) is 2. The molecular formula is C21H17F3N2O3. The molecule has 2 aromatic carbocycles. The lowest BCUT2D eigenvalue weighted by Crippen LogP contribution is -2.18. The van der Waals surface area contributed by atoms with Crippen molar-refractivity contribution in [2.75, 3.05) is 12.4 Å². The van der Waals surface area contributed by atoms with Crippen LogP contribution in [0.4, 0.5) is 18.9 Å². The van der Waals surface area contributed by atoms with Gasteiger partial charge in [0.05, 0.1) is 18.2 Å². The number of rotatable bonds is 6. The highest BCUT2D eigenvalue weighted by Crippen LogP contribution is 2.33. The Morgan fingerprint density at radius 3 is 2.55 bits per heavy atom. The molecule has 0 fully saturated rings. The van der Waals surface area contributed by atoms with Crippen molar-refractivity contribution in [2.45, 2.75) is 12.8 Å². The first-order valence-electron chi connectivity index (χ1n) is 8.56. The highest BCUT2D eigenvalue weighted by molar-refractivity contribution is 6.05. The summed E-state index contributed by atoms with van der Waals surface area (Å²) in [7, 11) is 1.46. The van der Waals surface area contributed by atoms with Crippen LogP contribution in [0.1, 0.15) is 21.5 Å². The summed E-state index contributed by atoms with van der Waals surface area (Å²) in [6.07, 6.45) is -1.35. The van der Waals surface area contributed by atoms with E-state index in [0.29, 0.717) is 11.5 Å². The summed E-state index contributed by atoms with van der Waals surface area (Å²) in [5, 5.41) is 2.47. The average Bonchev–Trinajstić information content (AvgIpc) is 2.72. The first-order valence-corrected chi connectivity index (χ1v) is 8.56. The molecule has 0 aliphatic rings. The molecule has 5 nitrogen and oxygen atoms in total. The van der Waals surface area contributed by atoms with E-state index < -0.39 is 23.2 Å². The van der Waals surface area contributed by atoms with Gasteiger partial charge < -0.3 is 14.8 Å². The van der Waals surface area contributed by atoms with Gasteiger partial charge in [-0.15, -0.1) is 0 Å². The zero-order valence-electron chi connectivity index (χ0n) is 15.4. The van der Waals surface area contributed by atoms with Crippen molar-refractivity contribution in [2.24, 2.45) is 0 Å². The van der Waals surface area contributed by atoms with Crippen LogP contribution < -0.4 is 14.8 Å². The van der Waals surface area contributed by atoms with Gasteiger partial charge in [-0.3, -0.25) is 9.78 Å². The maximum atomic E-state index is 13.2. The van der Waals surface area contributed by atoms with Gasteiger partial charge in [0.25, 0.3) is 5.91 Å². The first kappa shape index (κ1) is 20.2. The van der Waals surface area contributed by atoms with Gasteiger partial charge in [-0.1, -0.05) is 18.2 Å². The number of pyridine rings is 1. The van der Waals surface area contributed by atoms with Crippen LogP contribution in [-0.4, -0.2) is 18.0 Å². The number of nitrogens with one attached hydrogen (secondary N) is 1. The lowest BCUT2D eigenvalue weighted by molar-refractivity contribution is -0.137. The smallest absolute Gasteiger partial charge is 0.417 e. The van der Waals surface area contributed by atoms with Crippen molar-refractivity contribution < 1.29 is 27.4 Å². The van der Waals surface area contributed by atoms with Crippen LogP contribution in [0, 0.1) is 0 Å². The summed E-state index contributed by atoms with van der Waals surface area (Å²) >= 11 is 0. The Kier molecular flexibility index (Phi) is 6.01. The van der Waals surface area contributed by atoms with Crippen molar-refractivity contribution in [1.29, 1.82) is 0 Å². The summed E-state index contributed by atoms with van der Waals surface area (Å²) < 4.78 is 50.4. The standard InChI is InChI=1S/C21H17F3N2O3/c1-28-18-9-8-15(11-19(18)29-13-14-5-4-10-25-12-14)26-20(27)16-6-2-3-7-17(16)21(22,23)24/h2-12H,13H2,1H3,(H,26,27). The van der Waals surface area contributed by atoms with E-state index in [1.54, 1.807) is 24.5 Å². The topological polar surface area (TPSA) is 60.5 Å². The van der Waals surface area contributed by atoms with Gasteiger partial charge in [0.1, 0.15) is 6.61 Å². The molecule has 1 heterocycles. The van der Waals surface area contributed by atoms with Gasteiger partial charge in [0, 0.05) is 29.7 Å². The van der Waals surface area contributed by atoms with Gasteiger partial charge in [-0.2, -0.15) is 13.2 Å². The van der Waals surface area contributed by atoms with E-state index in [1.165, 1.54) is 31.4 Å². The highest BCUT2D eigenvalue weighted by Gasteiger charge is 2.34. The molecule has 0 unspecified atom stereocenters. The molecule has 0 bridgehead atoms. The zero-order valence-corrected chi connectivity index (χ0v) is 15.4. The lowest BCUT2D eigenvalue weighted by atomic mass is 10.1. The predicted molar refractivity (Wildman–Crippen MR) is 101 cm³/mol. The van der Waals surface area contributed by atoms with Gasteiger partial charge in [0.2, 0.25) is 0 Å². The molecule has 3 aromatic rings. The fraction of sp³-hybridized carbons (Fsp3) is 0.143. The highest BCUT2D eigenvalue weighted by atomic mass is 19.4. The number of alkyl halides is 3. The molecule has 1 aromatic heterocycles. The normalized spacial score (nSPS) is 11.0. The van der Waals surface area contributed by atoms with Crippen LogP contribution >= 0.6 is 0 Å². The van der Waals surface area contributed by atoms with Crippen LogP contribution in [-0.2, 0) is 12.8 Å². The molecule has 0 aliphatic heterocycles. The minimum absolute atomic E-state index is 0.207. The van der Waals surface area contributed by atoms with Crippen molar-refractivity contribution >= 4 is 11.6 Å². The Bertz CT molecular complexity index is 992. The molecule has 0 saturated heterocycles. The number of aromatic nitrogens is 1. The average molecular weight is 402 g/mol. The van der Waals surface area contributed by atoms with E-state index in [0.717, 1.165) is 17.7 Å². The van der Waals surface area contributed by atoms with Crippen LogP contribution in [0.2, 0.25) is 0 Å². The van der Waals surface area contributed by atoms with E-state index in [1.807, 2.05) is 6.07 Å². The van der Waals surface area contributed by atoms with Gasteiger partial charge in [-0.05, 0) is 30.3 Å². The van der Waals surface area contributed by atoms with Crippen LogP contribution in [0.5, 0.6) is 11.5 Å². The SMILES string of the molecule is COc1ccc(NC(=O)c2ccccc2C(F)(F)F)cc1OCc1cccnc1. The van der Waals surface area contributed by atoms with E-state index in [4.69, 9.17) is 9.47 Å². The minimum atomic E-state index is -4.63. The van der Waals surface area contributed by atoms with E-state index in [2.05, 4.69) is 10.3 Å². The summed E-state index contributed by atoms with van der Waals surface area (Å²) in [6.45, 7) is 0.207. The van der Waals surface area contributed by atoms with Crippen LogP contribution in [0.25, 0.3) is 0 Å². The summed E-state index contributed by atoms with van der Waals surface area (Å²) in [4.78, 5) is 16.4. The Labute approximate surface area is 165 Å². The molecule has 0 saturated carbocycles. The number of carbonyl (C=O) groups is 1. The lowest BCUT2D eigenvalue weighted by Gasteiger charge is -2.15. The van der Waals surface area contributed by atoms with E-state index in [-0.39, 0.29) is 12.3 Å². The van der Waals surface area contributed by atoms with Gasteiger partial charge in [0.15, 0.2) is 11.5 Å². The summed E-state index contributed by atoms with van der Waals surface area (Å²) in [5.74, 6) is -0.123. The van der Waals surface area contributed by atoms with Crippen molar-refractivity contribution in [3.63, 3.8) is 0 Å².